The highest BCUT2D eigenvalue weighted by atomic mass is 19.2. The molecule has 0 fully saturated rings. The molecule has 0 unspecified atom stereocenters. The smallest absolute Gasteiger partial charge is 0.505 e. The lowest BCUT2D eigenvalue weighted by Crippen LogP contribution is -2.04. The minimum Gasteiger partial charge on any atom is -0.505 e. The third-order valence-electron chi connectivity index (χ3n) is 3.13. The van der Waals surface area contributed by atoms with E-state index in [2.05, 4.69) is 4.65 Å². The van der Waals surface area contributed by atoms with Crippen LogP contribution in [0.25, 0.3) is 12.2 Å². The van der Waals surface area contributed by atoms with Crippen molar-refractivity contribution in [1.29, 1.82) is 0 Å². The van der Waals surface area contributed by atoms with E-state index < -0.39 is 24.9 Å². The van der Waals surface area contributed by atoms with Crippen LogP contribution >= 0.6 is 0 Å². The molecule has 0 aliphatic rings. The Balaban J connectivity index is 2.12. The van der Waals surface area contributed by atoms with Crippen molar-refractivity contribution in [2.24, 2.45) is 0 Å². The Morgan fingerprint density at radius 2 is 1.27 bits per heavy atom. The number of hydrogen-bond donors (Lipinski definition) is 0. The minimum atomic E-state index is -3.10. The summed E-state index contributed by atoms with van der Waals surface area (Å²) in [5.41, 5.74) is 1.12. The van der Waals surface area contributed by atoms with E-state index >= 15 is 0 Å². The fourth-order valence-electron chi connectivity index (χ4n) is 1.92. The average Bonchev–Trinajstić information content (AvgIpc) is 2.60. The predicted octanol–water partition coefficient (Wildman–Crippen LogP) is 5.08. The third-order valence-corrected chi connectivity index (χ3v) is 3.13. The number of benzene rings is 2. The Labute approximate surface area is 148 Å². The van der Waals surface area contributed by atoms with Gasteiger partial charge in [-0.1, -0.05) is 36.4 Å². The summed E-state index contributed by atoms with van der Waals surface area (Å²) in [4.78, 5) is 11.9. The van der Waals surface area contributed by atoms with Crippen molar-refractivity contribution in [1.82, 2.24) is 0 Å². The minimum absolute atomic E-state index is 0.349. The van der Waals surface area contributed by atoms with Crippen molar-refractivity contribution in [3.8, 4) is 0 Å². The highest BCUT2D eigenvalue weighted by molar-refractivity contribution is 6.35. The van der Waals surface area contributed by atoms with Gasteiger partial charge in [0.05, 0.1) is 0 Å². The van der Waals surface area contributed by atoms with Gasteiger partial charge in [-0.25, -0.2) is 17.4 Å². The van der Waals surface area contributed by atoms with Crippen LogP contribution in [0.1, 0.15) is 11.1 Å². The van der Waals surface area contributed by atoms with Crippen molar-refractivity contribution in [3.63, 3.8) is 0 Å². The van der Waals surface area contributed by atoms with Gasteiger partial charge in [-0.3, -0.25) is 4.79 Å². The maximum Gasteiger partial charge on any atom is 0.796 e. The second-order valence-electron chi connectivity index (χ2n) is 5.10. The summed E-state index contributed by atoms with van der Waals surface area (Å²) in [6, 6.07) is 10.7. The molecule has 0 heterocycles. The Kier molecular flexibility index (Phi) is 6.97. The van der Waals surface area contributed by atoms with Gasteiger partial charge in [-0.15, -0.1) is 0 Å². The average molecular weight is 360 g/mol. The molecule has 7 heteroatoms. The molecule has 0 saturated heterocycles. The van der Waals surface area contributed by atoms with Gasteiger partial charge in [-0.05, 0) is 47.5 Å². The fraction of sp³-hybridized carbons (Fsp3) is 0. The summed E-state index contributed by atoms with van der Waals surface area (Å²) in [7, 11) is -3.10. The second-order valence-corrected chi connectivity index (χ2v) is 5.10. The van der Waals surface area contributed by atoms with Crippen molar-refractivity contribution in [2.45, 2.75) is 0 Å². The van der Waals surface area contributed by atoms with Crippen LogP contribution in [0, 0.1) is 11.6 Å². The van der Waals surface area contributed by atoms with Gasteiger partial charge in [0, 0.05) is 6.08 Å². The molecule has 2 aromatic carbocycles. The molecule has 2 nitrogen and oxygen atoms in total. The molecule has 0 atom stereocenters. The Hall–Kier alpha value is -3.09. The van der Waals surface area contributed by atoms with Crippen molar-refractivity contribution in [3.05, 3.63) is 95.3 Å². The van der Waals surface area contributed by atoms with E-state index in [4.69, 9.17) is 0 Å². The van der Waals surface area contributed by atoms with Crippen molar-refractivity contribution < 1.29 is 26.9 Å². The molecule has 2 aromatic rings. The number of halogens is 4. The van der Waals surface area contributed by atoms with E-state index in [1.165, 1.54) is 66.8 Å². The maximum absolute atomic E-state index is 12.8. The topological polar surface area (TPSA) is 26.3 Å². The van der Waals surface area contributed by atoms with Crippen LogP contribution in [-0.2, 0) is 9.45 Å². The number of carbonyl (C=O) groups excluding carboxylic acids is 1. The van der Waals surface area contributed by atoms with Gasteiger partial charge < -0.3 is 4.65 Å². The Morgan fingerprint density at radius 3 is 1.73 bits per heavy atom. The zero-order valence-electron chi connectivity index (χ0n) is 13.4. The molecule has 132 valence electrons. The van der Waals surface area contributed by atoms with E-state index in [-0.39, 0.29) is 5.76 Å². The number of rotatable bonds is 7. The molecule has 2 rings (SSSR count). The molecular formula is C19H13BF4O2. The van der Waals surface area contributed by atoms with Crippen LogP contribution in [0.3, 0.4) is 0 Å². The monoisotopic (exact) mass is 360 g/mol. The van der Waals surface area contributed by atoms with E-state index in [9.17, 15) is 22.2 Å². The Morgan fingerprint density at radius 1 is 0.808 bits per heavy atom. The lowest BCUT2D eigenvalue weighted by atomic mass is 10.1. The molecule has 0 aliphatic heterocycles. The molecule has 26 heavy (non-hydrogen) atoms. The molecule has 0 aliphatic carbocycles. The molecule has 0 aromatic heterocycles. The summed E-state index contributed by atoms with van der Waals surface area (Å²) in [5.74, 6) is -1.78. The molecule has 0 amide bonds. The summed E-state index contributed by atoms with van der Waals surface area (Å²) in [6.07, 6.45) is 6.05. The number of carbonyl (C=O) groups is 1. The molecular weight excluding hydrogens is 347 g/mol. The lowest BCUT2D eigenvalue weighted by molar-refractivity contribution is -0.110. The van der Waals surface area contributed by atoms with Crippen LogP contribution in [0.5, 0.6) is 0 Å². The zero-order chi connectivity index (χ0) is 18.9. The van der Waals surface area contributed by atoms with Crippen LogP contribution in [0.15, 0.2) is 72.5 Å². The maximum atomic E-state index is 12.8. The van der Waals surface area contributed by atoms with Gasteiger partial charge in [0.15, 0.2) is 5.78 Å². The first-order valence-corrected chi connectivity index (χ1v) is 7.50. The third kappa shape index (κ3) is 6.80. The van der Waals surface area contributed by atoms with Crippen LogP contribution in [0.4, 0.5) is 17.4 Å². The summed E-state index contributed by atoms with van der Waals surface area (Å²) < 4.78 is 54.9. The molecule has 0 radical (unpaired) electrons. The molecule has 0 N–H and O–H groups in total. The largest absolute Gasteiger partial charge is 0.796 e. The molecule has 0 spiro atoms. The van der Waals surface area contributed by atoms with Gasteiger partial charge in [0.1, 0.15) is 17.4 Å². The highest BCUT2D eigenvalue weighted by Crippen LogP contribution is 2.11. The van der Waals surface area contributed by atoms with Crippen molar-refractivity contribution in [2.75, 3.05) is 0 Å². The van der Waals surface area contributed by atoms with Gasteiger partial charge in [0.2, 0.25) is 0 Å². The first kappa shape index (κ1) is 19.2. The number of allylic oxidation sites excluding steroid dienone is 3. The molecule has 0 saturated carbocycles. The van der Waals surface area contributed by atoms with Crippen molar-refractivity contribution >= 4 is 25.4 Å². The summed E-state index contributed by atoms with van der Waals surface area (Å²) in [6.45, 7) is 0. The number of ketones is 1. The van der Waals surface area contributed by atoms with Gasteiger partial charge in [-0.2, -0.15) is 0 Å². The SMILES string of the molecule is O=C(/C=C(/C=C/c1ccc(F)cc1)OB(F)F)/C=C/c1ccc(F)cc1. The normalized spacial score (nSPS) is 11.9. The summed E-state index contributed by atoms with van der Waals surface area (Å²) >= 11 is 0. The standard InChI is InChI=1S/C19H13BF4O2/c21-16-7-1-14(2-8-16)5-11-18(25)13-19(26-20(23)24)12-6-15-3-9-17(22)10-4-15/h1-13H/b11-5+,12-6+,19-13-. The van der Waals surface area contributed by atoms with E-state index in [1.54, 1.807) is 0 Å². The predicted molar refractivity (Wildman–Crippen MR) is 93.0 cm³/mol. The first-order valence-electron chi connectivity index (χ1n) is 7.50. The van der Waals surface area contributed by atoms with Crippen LogP contribution in [0.2, 0.25) is 0 Å². The van der Waals surface area contributed by atoms with E-state index in [0.717, 1.165) is 12.2 Å². The number of hydrogen-bond acceptors (Lipinski definition) is 2. The quantitative estimate of drug-likeness (QED) is 0.226. The van der Waals surface area contributed by atoms with E-state index in [0.29, 0.717) is 11.1 Å². The summed E-state index contributed by atoms with van der Waals surface area (Å²) in [5, 5.41) is 0. The highest BCUT2D eigenvalue weighted by Gasteiger charge is 2.18. The van der Waals surface area contributed by atoms with Crippen LogP contribution in [-0.4, -0.2) is 13.3 Å². The van der Waals surface area contributed by atoms with Crippen LogP contribution < -0.4 is 0 Å². The molecule has 0 bridgehead atoms. The zero-order valence-corrected chi connectivity index (χ0v) is 13.4. The van der Waals surface area contributed by atoms with E-state index in [1.807, 2.05) is 0 Å². The van der Waals surface area contributed by atoms with Gasteiger partial charge >= 0.3 is 7.47 Å². The fourth-order valence-corrected chi connectivity index (χ4v) is 1.92. The Bertz CT molecular complexity index is 826. The first-order chi connectivity index (χ1) is 12.4. The lowest BCUT2D eigenvalue weighted by Gasteiger charge is -2.02. The van der Waals surface area contributed by atoms with Gasteiger partial charge in [0.25, 0.3) is 0 Å². The second kappa shape index (κ2) is 9.41.